The highest BCUT2D eigenvalue weighted by Crippen LogP contribution is 2.54. The largest absolute Gasteiger partial charge is 0.293 e. The molecule has 4 rings (SSSR count). The number of carbonyl (C=O) groups excluding carboxylic acids is 2. The lowest BCUT2D eigenvalue weighted by Crippen LogP contribution is -2.51. The number of nitriles is 1. The Hall–Kier alpha value is -3.00. The van der Waals surface area contributed by atoms with Crippen LogP contribution in [-0.2, 0) is 23.7 Å². The average molecular weight is 373 g/mol. The molecule has 0 aliphatic heterocycles. The molecule has 5 heteroatoms. The topological polar surface area (TPSA) is 75.8 Å². The van der Waals surface area contributed by atoms with Crippen LogP contribution in [0.25, 0.3) is 0 Å². The van der Waals surface area contributed by atoms with E-state index in [-0.39, 0.29) is 23.1 Å². The minimum atomic E-state index is -0.645. The Morgan fingerprint density at radius 3 is 2.57 bits per heavy atom. The molecule has 28 heavy (non-hydrogen) atoms. The van der Waals surface area contributed by atoms with E-state index in [4.69, 9.17) is 5.10 Å². The molecule has 0 fully saturated rings. The lowest BCUT2D eigenvalue weighted by atomic mass is 9.52. The van der Waals surface area contributed by atoms with Crippen molar-refractivity contribution in [2.24, 2.45) is 18.4 Å². The van der Waals surface area contributed by atoms with Crippen molar-refractivity contribution in [3.05, 3.63) is 64.5 Å². The third-order valence-corrected chi connectivity index (χ3v) is 6.58. The van der Waals surface area contributed by atoms with Crippen LogP contribution in [0.3, 0.4) is 0 Å². The van der Waals surface area contributed by atoms with E-state index in [1.54, 1.807) is 17.8 Å². The Morgan fingerprint density at radius 2 is 1.93 bits per heavy atom. The zero-order valence-electron chi connectivity index (χ0n) is 16.6. The lowest BCUT2D eigenvalue weighted by molar-refractivity contribution is -0.128. The summed E-state index contributed by atoms with van der Waals surface area (Å²) in [4.78, 5) is 26.0. The Bertz CT molecular complexity index is 1070. The fourth-order valence-corrected chi connectivity index (χ4v) is 5.23. The van der Waals surface area contributed by atoms with Crippen LogP contribution in [0.15, 0.2) is 42.0 Å². The first-order valence-corrected chi connectivity index (χ1v) is 9.55. The van der Waals surface area contributed by atoms with Gasteiger partial charge in [-0.15, -0.1) is 0 Å². The van der Waals surface area contributed by atoms with Gasteiger partial charge < -0.3 is 0 Å². The number of carbonyl (C=O) groups is 2. The first-order valence-electron chi connectivity index (χ1n) is 9.55. The zero-order chi connectivity index (χ0) is 20.3. The van der Waals surface area contributed by atoms with Crippen LogP contribution in [0.5, 0.6) is 0 Å². The summed E-state index contributed by atoms with van der Waals surface area (Å²) in [5.74, 6) is -0.112. The molecule has 142 valence electrons. The number of hydrogen-bond donors (Lipinski definition) is 0. The molecule has 0 radical (unpaired) electrons. The highest BCUT2D eigenvalue weighted by molar-refractivity contribution is 6.09. The van der Waals surface area contributed by atoms with Crippen molar-refractivity contribution in [3.8, 4) is 6.07 Å². The highest BCUT2D eigenvalue weighted by Gasteiger charge is 2.55. The van der Waals surface area contributed by atoms with Gasteiger partial charge in [0.05, 0.1) is 11.3 Å². The molecule has 2 aliphatic carbocycles. The van der Waals surface area contributed by atoms with Crippen molar-refractivity contribution in [1.29, 1.82) is 5.26 Å². The Balaban J connectivity index is 1.91. The molecule has 0 amide bonds. The maximum Gasteiger partial charge on any atom is 0.211 e. The van der Waals surface area contributed by atoms with Crippen molar-refractivity contribution in [2.75, 3.05) is 0 Å². The molecule has 1 aromatic heterocycles. The fourth-order valence-electron chi connectivity index (χ4n) is 5.23. The molecule has 2 aliphatic rings. The Labute approximate surface area is 164 Å². The van der Waals surface area contributed by atoms with Gasteiger partial charge in [0.25, 0.3) is 0 Å². The van der Waals surface area contributed by atoms with E-state index in [0.717, 1.165) is 17.7 Å². The lowest BCUT2D eigenvalue weighted by Gasteiger charge is -2.49. The molecule has 1 unspecified atom stereocenters. The van der Waals surface area contributed by atoms with Crippen LogP contribution in [0, 0.1) is 22.7 Å². The first kappa shape index (κ1) is 18.4. The fraction of sp³-hybridized carbons (Fsp3) is 0.391. The number of nitrogens with zero attached hydrogens (tertiary/aromatic N) is 3. The summed E-state index contributed by atoms with van der Waals surface area (Å²) < 4.78 is 1.66. The minimum absolute atomic E-state index is 0.0340. The van der Waals surface area contributed by atoms with Gasteiger partial charge in [-0.3, -0.25) is 14.3 Å². The highest BCUT2D eigenvalue weighted by atomic mass is 16.1. The van der Waals surface area contributed by atoms with Crippen LogP contribution in [0.4, 0.5) is 0 Å². The van der Waals surface area contributed by atoms with Crippen LogP contribution in [-0.4, -0.2) is 21.3 Å². The normalized spacial score (nSPS) is 25.3. The number of rotatable bonds is 2. The quantitative estimate of drug-likeness (QED) is 0.755. The van der Waals surface area contributed by atoms with E-state index < -0.39 is 10.8 Å². The van der Waals surface area contributed by atoms with Crippen molar-refractivity contribution in [2.45, 2.75) is 39.0 Å². The van der Waals surface area contributed by atoms with Gasteiger partial charge in [0.1, 0.15) is 11.8 Å². The summed E-state index contributed by atoms with van der Waals surface area (Å²) >= 11 is 0. The summed E-state index contributed by atoms with van der Waals surface area (Å²) in [5.41, 5.74) is 1.98. The number of hydrogen-bond acceptors (Lipinski definition) is 4. The Kier molecular flexibility index (Phi) is 3.94. The number of fused-ring (bicyclic) bond motifs is 3. The second kappa shape index (κ2) is 6.00. The van der Waals surface area contributed by atoms with Gasteiger partial charge in [-0.1, -0.05) is 57.2 Å². The molecule has 0 N–H and O–H groups in total. The number of aromatic nitrogens is 2. The number of ketones is 2. The van der Waals surface area contributed by atoms with Gasteiger partial charge in [-0.05, 0) is 18.8 Å². The molecule has 0 saturated carbocycles. The molecule has 1 heterocycles. The molecule has 0 saturated heterocycles. The third kappa shape index (κ3) is 2.34. The maximum absolute atomic E-state index is 13.2. The standard InChI is InChI=1S/C23H23N3O2/c1-22(2)17-11-10-16-18(19(27)14-8-6-5-7-9-14)26(4)25-20(16)23(17,3)12-15(13-24)21(22)28/h5-9,12,17H,10-11H2,1-4H3/t17-,23?/m0/s1. The molecule has 2 atom stereocenters. The van der Waals surface area contributed by atoms with Crippen molar-refractivity contribution in [3.63, 3.8) is 0 Å². The molecular formula is C23H23N3O2. The summed E-state index contributed by atoms with van der Waals surface area (Å²) in [6.07, 6.45) is 3.26. The van der Waals surface area contributed by atoms with Crippen LogP contribution >= 0.6 is 0 Å². The third-order valence-electron chi connectivity index (χ3n) is 6.58. The van der Waals surface area contributed by atoms with Gasteiger partial charge in [0.2, 0.25) is 5.78 Å². The predicted molar refractivity (Wildman–Crippen MR) is 105 cm³/mol. The summed E-state index contributed by atoms with van der Waals surface area (Å²) in [7, 11) is 1.79. The number of aryl methyl sites for hydroxylation is 1. The van der Waals surface area contributed by atoms with Crippen LogP contribution < -0.4 is 0 Å². The molecule has 5 nitrogen and oxygen atoms in total. The van der Waals surface area contributed by atoms with Gasteiger partial charge in [-0.25, -0.2) is 0 Å². The SMILES string of the molecule is Cn1nc2c(c1C(=O)c1ccccc1)CC[C@H]1C(C)(C)C(=O)C(C#N)=CC21C. The van der Waals surface area contributed by atoms with E-state index in [2.05, 4.69) is 6.07 Å². The summed E-state index contributed by atoms with van der Waals surface area (Å²) in [6.45, 7) is 5.89. The zero-order valence-corrected chi connectivity index (χ0v) is 16.6. The molecule has 1 aromatic carbocycles. The predicted octanol–water partition coefficient (Wildman–Crippen LogP) is 3.53. The number of allylic oxidation sites excluding steroid dienone is 2. The monoisotopic (exact) mass is 373 g/mol. The van der Waals surface area contributed by atoms with Crippen molar-refractivity contribution >= 4 is 11.6 Å². The minimum Gasteiger partial charge on any atom is -0.293 e. The van der Waals surface area contributed by atoms with Crippen LogP contribution in [0.1, 0.15) is 54.5 Å². The first-order chi connectivity index (χ1) is 13.2. The van der Waals surface area contributed by atoms with E-state index >= 15 is 0 Å². The molecule has 0 bridgehead atoms. The molecular weight excluding hydrogens is 350 g/mol. The van der Waals surface area contributed by atoms with Gasteiger partial charge in [0.15, 0.2) is 5.78 Å². The van der Waals surface area contributed by atoms with Gasteiger partial charge in [-0.2, -0.15) is 10.4 Å². The number of Topliss-reactive ketones (excluding diaryl/α,β-unsaturated/α-hetero) is 1. The smallest absolute Gasteiger partial charge is 0.211 e. The van der Waals surface area contributed by atoms with Crippen LogP contribution in [0.2, 0.25) is 0 Å². The molecule has 0 spiro atoms. The second-order valence-electron chi connectivity index (χ2n) is 8.59. The van der Waals surface area contributed by atoms with E-state index in [0.29, 0.717) is 17.7 Å². The van der Waals surface area contributed by atoms with E-state index in [9.17, 15) is 14.9 Å². The van der Waals surface area contributed by atoms with E-state index in [1.807, 2.05) is 51.1 Å². The molecule has 2 aromatic rings. The summed E-state index contributed by atoms with van der Waals surface area (Å²) in [6, 6.07) is 11.3. The van der Waals surface area contributed by atoms with Gasteiger partial charge >= 0.3 is 0 Å². The Morgan fingerprint density at radius 1 is 1.25 bits per heavy atom. The average Bonchev–Trinajstić information content (AvgIpc) is 3.02. The number of benzene rings is 1. The van der Waals surface area contributed by atoms with Crippen molar-refractivity contribution in [1.82, 2.24) is 9.78 Å². The van der Waals surface area contributed by atoms with Gasteiger partial charge in [0, 0.05) is 29.0 Å². The van der Waals surface area contributed by atoms with E-state index in [1.165, 1.54) is 0 Å². The maximum atomic E-state index is 13.2. The summed E-state index contributed by atoms with van der Waals surface area (Å²) in [5, 5.41) is 14.3. The second-order valence-corrected chi connectivity index (χ2v) is 8.59. The van der Waals surface area contributed by atoms with Crippen molar-refractivity contribution < 1.29 is 9.59 Å².